The Balaban J connectivity index is 0. The number of hydrogen-bond acceptors (Lipinski definition) is 5. The van der Waals surface area contributed by atoms with Gasteiger partial charge in [-0.05, 0) is 0 Å². The van der Waals surface area contributed by atoms with E-state index in [9.17, 15) is 0 Å². The molecule has 73 valence electrons. The molecule has 0 amide bonds. The molecule has 0 fully saturated rings. The van der Waals surface area contributed by atoms with Gasteiger partial charge in [0.15, 0.2) is 0 Å². The summed E-state index contributed by atoms with van der Waals surface area (Å²) < 4.78 is 2.00. The molecule has 0 aliphatic carbocycles. The molecule has 0 aromatic rings. The second-order valence-electron chi connectivity index (χ2n) is 2.73. The predicted molar refractivity (Wildman–Crippen MR) is 41.9 cm³/mol. The normalized spacial score (nSPS) is 10.8. The molecule has 12 heavy (non-hydrogen) atoms. The van der Waals surface area contributed by atoms with E-state index in [1.54, 1.807) is 0 Å². The molecule has 0 spiro atoms. The number of rotatable bonds is 3. The van der Waals surface area contributed by atoms with E-state index in [0.717, 1.165) is 0 Å². The number of nitrogens with two attached hydrogens (primary N) is 1. The van der Waals surface area contributed by atoms with Crippen LogP contribution in [0.2, 0.25) is 0 Å². The Kier molecular flexibility index (Phi) is 10.2. The van der Waals surface area contributed by atoms with Crippen molar-refractivity contribution in [3.05, 3.63) is 0 Å². The second-order valence-corrected chi connectivity index (χ2v) is 4.13. The van der Waals surface area contributed by atoms with Gasteiger partial charge < -0.3 is 21.1 Å². The SMILES string of the molecule is C[N](C)[Ti].NC(CO)(CO)CO. The second kappa shape index (κ2) is 8.13. The van der Waals surface area contributed by atoms with E-state index in [4.69, 9.17) is 21.1 Å². The van der Waals surface area contributed by atoms with Crippen LogP contribution in [-0.4, -0.2) is 58.2 Å². The zero-order valence-corrected chi connectivity index (χ0v) is 9.05. The molecular weight excluding hydrogens is 196 g/mol. The number of aliphatic hydroxyl groups excluding tert-OH is 3. The van der Waals surface area contributed by atoms with Crippen LogP contribution in [0.4, 0.5) is 0 Å². The summed E-state index contributed by atoms with van der Waals surface area (Å²) in [5.74, 6) is 0. The minimum Gasteiger partial charge on any atom is -0.394 e. The van der Waals surface area contributed by atoms with Gasteiger partial charge in [-0.3, -0.25) is 0 Å². The summed E-state index contributed by atoms with van der Waals surface area (Å²) in [6.45, 7) is -1.21. The van der Waals surface area contributed by atoms with Gasteiger partial charge in [0, 0.05) is 0 Å². The van der Waals surface area contributed by atoms with Crippen molar-refractivity contribution in [1.29, 1.82) is 0 Å². The molecule has 0 heterocycles. The van der Waals surface area contributed by atoms with Crippen LogP contribution in [0.25, 0.3) is 0 Å². The molecule has 0 unspecified atom stereocenters. The molecule has 0 aliphatic heterocycles. The van der Waals surface area contributed by atoms with Crippen LogP contribution in [0, 0.1) is 0 Å². The molecule has 0 aliphatic rings. The Morgan fingerprint density at radius 3 is 1.33 bits per heavy atom. The van der Waals surface area contributed by atoms with Gasteiger partial charge in [0.05, 0.1) is 25.4 Å². The standard InChI is InChI=1S/C4H11NO3.C2H6N.Ti/c5-4(1-6,2-7)3-8;1-3-2;/h6-8H,1-3,5H2;1-2H3;/q;-1;+1. The van der Waals surface area contributed by atoms with Crippen molar-refractivity contribution in [3.63, 3.8) is 0 Å². The van der Waals surface area contributed by atoms with Gasteiger partial charge in [-0.1, -0.05) is 0 Å². The third-order valence-electron chi connectivity index (χ3n) is 0.945. The van der Waals surface area contributed by atoms with Crippen LogP contribution in [-0.2, 0) is 20.7 Å². The van der Waals surface area contributed by atoms with Crippen LogP contribution >= 0.6 is 0 Å². The van der Waals surface area contributed by atoms with Crippen LogP contribution in [0.1, 0.15) is 0 Å². The predicted octanol–water partition coefficient (Wildman–Crippen LogP) is -2.33. The average Bonchev–Trinajstić information content (AvgIpc) is 2.02. The smallest absolute Gasteiger partial charge is 0.0856 e. The van der Waals surface area contributed by atoms with Crippen molar-refractivity contribution in [1.82, 2.24) is 3.38 Å². The Morgan fingerprint density at radius 2 is 1.33 bits per heavy atom. The molecule has 0 bridgehead atoms. The van der Waals surface area contributed by atoms with Gasteiger partial charge in [-0.25, -0.2) is 0 Å². The molecule has 0 atom stereocenters. The van der Waals surface area contributed by atoms with E-state index in [2.05, 4.69) is 0 Å². The van der Waals surface area contributed by atoms with Crippen molar-refractivity contribution in [2.24, 2.45) is 5.73 Å². The monoisotopic (exact) mass is 213 g/mol. The molecular formula is C6H17N2O3Ti. The maximum atomic E-state index is 8.34. The van der Waals surface area contributed by atoms with Crippen molar-refractivity contribution in [2.75, 3.05) is 33.9 Å². The zero-order valence-electron chi connectivity index (χ0n) is 7.49. The van der Waals surface area contributed by atoms with Gasteiger partial charge >= 0.3 is 38.2 Å². The average molecular weight is 213 g/mol. The summed E-state index contributed by atoms with van der Waals surface area (Å²) in [5.41, 5.74) is 3.94. The first-order valence-electron chi connectivity index (χ1n) is 3.42. The summed E-state index contributed by atoms with van der Waals surface area (Å²) in [6.07, 6.45) is 0. The molecule has 0 aromatic heterocycles. The molecule has 5 nitrogen and oxygen atoms in total. The van der Waals surface area contributed by atoms with E-state index in [1.165, 1.54) is 0 Å². The van der Waals surface area contributed by atoms with Crippen LogP contribution < -0.4 is 5.73 Å². The summed E-state index contributed by atoms with van der Waals surface area (Å²) in [5, 5.41) is 25.0. The van der Waals surface area contributed by atoms with E-state index < -0.39 is 25.4 Å². The zero-order chi connectivity index (χ0) is 10.2. The van der Waals surface area contributed by atoms with Crippen LogP contribution in [0.15, 0.2) is 0 Å². The van der Waals surface area contributed by atoms with Gasteiger partial charge in [0.2, 0.25) is 0 Å². The van der Waals surface area contributed by atoms with Crippen LogP contribution in [0.5, 0.6) is 0 Å². The molecule has 0 aromatic carbocycles. The summed E-state index contributed by atoms with van der Waals surface area (Å²) >= 11 is 2.00. The molecule has 6 heteroatoms. The quantitative estimate of drug-likeness (QED) is 0.395. The van der Waals surface area contributed by atoms with Gasteiger partial charge in [0.25, 0.3) is 0 Å². The maximum absolute atomic E-state index is 8.34. The fraction of sp³-hybridized carbons (Fsp3) is 1.00. The third-order valence-corrected chi connectivity index (χ3v) is 0.945. The van der Waals surface area contributed by atoms with Crippen molar-refractivity contribution in [2.45, 2.75) is 5.54 Å². The first-order valence-corrected chi connectivity index (χ1v) is 4.11. The number of nitrogens with zero attached hydrogens (tertiary/aromatic N) is 1. The Bertz CT molecular complexity index is 87.8. The van der Waals surface area contributed by atoms with Crippen molar-refractivity contribution < 1.29 is 36.0 Å². The first kappa shape index (κ1) is 15.0. The van der Waals surface area contributed by atoms with Crippen molar-refractivity contribution in [3.8, 4) is 0 Å². The van der Waals surface area contributed by atoms with E-state index in [-0.39, 0.29) is 0 Å². The third kappa shape index (κ3) is 10.5. The Morgan fingerprint density at radius 1 is 1.17 bits per heavy atom. The van der Waals surface area contributed by atoms with Crippen molar-refractivity contribution >= 4 is 0 Å². The summed E-state index contributed by atoms with van der Waals surface area (Å²) in [7, 11) is 4.00. The summed E-state index contributed by atoms with van der Waals surface area (Å²) in [4.78, 5) is 0. The van der Waals surface area contributed by atoms with E-state index in [0.29, 0.717) is 0 Å². The topological polar surface area (TPSA) is 90.0 Å². The van der Waals surface area contributed by atoms with Gasteiger partial charge in [-0.15, -0.1) is 0 Å². The van der Waals surface area contributed by atoms with E-state index >= 15 is 0 Å². The largest absolute Gasteiger partial charge is 0.394 e. The van der Waals surface area contributed by atoms with E-state index in [1.807, 2.05) is 38.2 Å². The molecule has 0 saturated carbocycles. The summed E-state index contributed by atoms with van der Waals surface area (Å²) in [6, 6.07) is 0. The Hall–Kier alpha value is 0.514. The molecule has 5 N–H and O–H groups in total. The number of hydrogen-bond donors (Lipinski definition) is 4. The molecule has 0 radical (unpaired) electrons. The fourth-order valence-electron chi connectivity index (χ4n) is 0.150. The van der Waals surface area contributed by atoms with Gasteiger partial charge in [0.1, 0.15) is 0 Å². The van der Waals surface area contributed by atoms with Gasteiger partial charge in [-0.2, -0.15) is 0 Å². The number of aliphatic hydroxyl groups is 3. The Labute approximate surface area is 84.9 Å². The fourth-order valence-corrected chi connectivity index (χ4v) is 0.150. The molecule has 0 rings (SSSR count). The maximum Gasteiger partial charge on any atom is 0.0856 e. The van der Waals surface area contributed by atoms with Crippen LogP contribution in [0.3, 0.4) is 0 Å². The first-order chi connectivity index (χ1) is 5.41. The minimum atomic E-state index is -1.21. The minimum absolute atomic E-state index is 0.403. The molecule has 0 saturated heterocycles.